The first-order valence-corrected chi connectivity index (χ1v) is 7.63. The number of anilines is 2. The first-order chi connectivity index (χ1) is 9.54. The Kier molecular flexibility index (Phi) is 7.62. The van der Waals surface area contributed by atoms with Crippen LogP contribution in [-0.4, -0.2) is 47.6 Å². The van der Waals surface area contributed by atoms with Crippen molar-refractivity contribution < 1.29 is 0 Å². The predicted molar refractivity (Wildman–Crippen MR) is 86.7 cm³/mol. The fraction of sp³-hybridized carbons (Fsp3) is 0.714. The molecule has 1 rings (SSSR count). The van der Waals surface area contributed by atoms with Crippen molar-refractivity contribution >= 4 is 23.4 Å². The molecular formula is C14H26ClN5. The number of rotatable bonds is 9. The minimum Gasteiger partial charge on any atom is -0.369 e. The summed E-state index contributed by atoms with van der Waals surface area (Å²) in [6.45, 7) is 9.20. The van der Waals surface area contributed by atoms with Gasteiger partial charge in [-0.05, 0) is 47.2 Å². The molecule has 0 aliphatic carbocycles. The summed E-state index contributed by atoms with van der Waals surface area (Å²) in [6, 6.07) is 0.599. The molecule has 0 bridgehead atoms. The Morgan fingerprint density at radius 2 is 2.05 bits per heavy atom. The molecule has 0 radical (unpaired) electrons. The van der Waals surface area contributed by atoms with E-state index < -0.39 is 0 Å². The highest BCUT2D eigenvalue weighted by atomic mass is 35.5. The number of aromatic nitrogens is 2. The molecule has 1 aromatic heterocycles. The molecule has 6 heteroatoms. The molecule has 1 aromatic rings. The van der Waals surface area contributed by atoms with Crippen molar-refractivity contribution in [3.8, 4) is 0 Å². The number of halogens is 1. The van der Waals surface area contributed by atoms with E-state index in [0.717, 1.165) is 32.5 Å². The van der Waals surface area contributed by atoms with E-state index in [1.807, 2.05) is 6.92 Å². The highest BCUT2D eigenvalue weighted by molar-refractivity contribution is 6.32. The summed E-state index contributed by atoms with van der Waals surface area (Å²) in [6.07, 6.45) is 3.87. The molecule has 0 saturated carbocycles. The smallest absolute Gasteiger partial charge is 0.224 e. The van der Waals surface area contributed by atoms with Gasteiger partial charge in [0.05, 0.1) is 6.20 Å². The van der Waals surface area contributed by atoms with Gasteiger partial charge in [-0.25, -0.2) is 4.98 Å². The lowest BCUT2D eigenvalue weighted by Crippen LogP contribution is -2.27. The molecule has 0 spiro atoms. The number of hydrogen-bond donors (Lipinski definition) is 2. The third kappa shape index (κ3) is 5.92. The summed E-state index contributed by atoms with van der Waals surface area (Å²) in [5, 5.41) is 6.91. The molecule has 2 N–H and O–H groups in total. The van der Waals surface area contributed by atoms with Crippen LogP contribution < -0.4 is 10.6 Å². The molecule has 20 heavy (non-hydrogen) atoms. The third-order valence-corrected chi connectivity index (χ3v) is 3.47. The molecule has 114 valence electrons. The molecule has 0 aliphatic rings. The normalized spacial score (nSPS) is 11.2. The van der Waals surface area contributed by atoms with Gasteiger partial charge in [0.25, 0.3) is 0 Å². The van der Waals surface area contributed by atoms with Crippen LogP contribution in [0, 0.1) is 0 Å². The van der Waals surface area contributed by atoms with E-state index in [2.05, 4.69) is 46.4 Å². The Balaban J connectivity index is 2.32. The topological polar surface area (TPSA) is 53.1 Å². The molecule has 0 aliphatic heterocycles. The molecule has 0 aromatic carbocycles. The highest BCUT2D eigenvalue weighted by Crippen LogP contribution is 2.19. The minimum absolute atomic E-state index is 0.561. The van der Waals surface area contributed by atoms with Gasteiger partial charge in [0.15, 0.2) is 0 Å². The van der Waals surface area contributed by atoms with Gasteiger partial charge >= 0.3 is 0 Å². The second-order valence-electron chi connectivity index (χ2n) is 5.13. The molecular weight excluding hydrogens is 274 g/mol. The van der Waals surface area contributed by atoms with E-state index in [4.69, 9.17) is 11.6 Å². The van der Waals surface area contributed by atoms with Crippen molar-refractivity contribution in [3.05, 3.63) is 11.2 Å². The maximum Gasteiger partial charge on any atom is 0.224 e. The average Bonchev–Trinajstić information content (AvgIpc) is 2.41. The van der Waals surface area contributed by atoms with Gasteiger partial charge in [-0.2, -0.15) is 4.98 Å². The lowest BCUT2D eigenvalue weighted by atomic mass is 10.2. The molecule has 0 unspecified atom stereocenters. The zero-order valence-corrected chi connectivity index (χ0v) is 13.7. The first kappa shape index (κ1) is 17.0. The molecule has 0 fully saturated rings. The van der Waals surface area contributed by atoms with Gasteiger partial charge in [0.2, 0.25) is 5.95 Å². The van der Waals surface area contributed by atoms with Gasteiger partial charge in [-0.15, -0.1) is 0 Å². The fourth-order valence-corrected chi connectivity index (χ4v) is 1.84. The lowest BCUT2D eigenvalue weighted by molar-refractivity contribution is 0.269. The minimum atomic E-state index is 0.561. The largest absolute Gasteiger partial charge is 0.369 e. The van der Waals surface area contributed by atoms with Crippen LogP contribution in [-0.2, 0) is 0 Å². The molecule has 1 heterocycles. The predicted octanol–water partition coefficient (Wildman–Crippen LogP) is 3.09. The molecule has 0 saturated heterocycles. The summed E-state index contributed by atoms with van der Waals surface area (Å²) in [7, 11) is 2.15. The van der Waals surface area contributed by atoms with Crippen molar-refractivity contribution in [2.45, 2.75) is 39.7 Å². The van der Waals surface area contributed by atoms with Gasteiger partial charge in [0, 0.05) is 19.1 Å². The summed E-state index contributed by atoms with van der Waals surface area (Å²) >= 11 is 6.08. The first-order valence-electron chi connectivity index (χ1n) is 7.25. The monoisotopic (exact) mass is 299 g/mol. The standard InChI is InChI=1S/C14H26ClN5/c1-5-16-14-18-10-12(15)13(19-14)17-8-6-7-9-20(4)11(2)3/h10-11H,5-9H2,1-4H3,(H2,16,17,18,19). The van der Waals surface area contributed by atoms with E-state index in [1.54, 1.807) is 6.20 Å². The Hall–Kier alpha value is -1.07. The molecule has 0 amide bonds. The van der Waals surface area contributed by atoms with E-state index in [1.165, 1.54) is 0 Å². The van der Waals surface area contributed by atoms with Crippen molar-refractivity contribution in [2.75, 3.05) is 37.3 Å². The van der Waals surface area contributed by atoms with Crippen molar-refractivity contribution in [2.24, 2.45) is 0 Å². The van der Waals surface area contributed by atoms with Gasteiger partial charge < -0.3 is 15.5 Å². The molecule has 5 nitrogen and oxygen atoms in total. The number of nitrogens with one attached hydrogen (secondary N) is 2. The fourth-order valence-electron chi connectivity index (χ4n) is 1.69. The molecule has 0 atom stereocenters. The van der Waals surface area contributed by atoms with E-state index in [-0.39, 0.29) is 0 Å². The second-order valence-corrected chi connectivity index (χ2v) is 5.54. The van der Waals surface area contributed by atoms with Crippen molar-refractivity contribution in [1.82, 2.24) is 14.9 Å². The Morgan fingerprint density at radius 3 is 2.70 bits per heavy atom. The Bertz CT molecular complexity index is 397. The summed E-state index contributed by atoms with van der Waals surface area (Å²) in [4.78, 5) is 10.8. The van der Waals surface area contributed by atoms with Gasteiger partial charge in [-0.1, -0.05) is 11.6 Å². The Labute approximate surface area is 127 Å². The SMILES string of the molecule is CCNc1ncc(Cl)c(NCCCCN(C)C(C)C)n1. The van der Waals surface area contributed by atoms with E-state index in [0.29, 0.717) is 22.8 Å². The quantitative estimate of drug-likeness (QED) is 0.686. The summed E-state index contributed by atoms with van der Waals surface area (Å²) in [5.41, 5.74) is 0. The average molecular weight is 300 g/mol. The number of hydrogen-bond acceptors (Lipinski definition) is 5. The maximum atomic E-state index is 6.08. The van der Waals surface area contributed by atoms with Crippen LogP contribution in [0.2, 0.25) is 5.02 Å². The summed E-state index contributed by atoms with van der Waals surface area (Å²) < 4.78 is 0. The van der Waals surface area contributed by atoms with Crippen LogP contribution in [0.3, 0.4) is 0 Å². The van der Waals surface area contributed by atoms with Crippen LogP contribution in [0.15, 0.2) is 6.20 Å². The van der Waals surface area contributed by atoms with Crippen LogP contribution >= 0.6 is 11.6 Å². The lowest BCUT2D eigenvalue weighted by Gasteiger charge is -2.20. The van der Waals surface area contributed by atoms with Gasteiger partial charge in [0.1, 0.15) is 10.8 Å². The van der Waals surface area contributed by atoms with Crippen LogP contribution in [0.4, 0.5) is 11.8 Å². The number of nitrogens with zero attached hydrogens (tertiary/aromatic N) is 3. The zero-order chi connectivity index (χ0) is 15.0. The van der Waals surface area contributed by atoms with Crippen molar-refractivity contribution in [3.63, 3.8) is 0 Å². The van der Waals surface area contributed by atoms with Crippen LogP contribution in [0.25, 0.3) is 0 Å². The highest BCUT2D eigenvalue weighted by Gasteiger charge is 2.05. The maximum absolute atomic E-state index is 6.08. The zero-order valence-electron chi connectivity index (χ0n) is 12.9. The van der Waals surface area contributed by atoms with E-state index >= 15 is 0 Å². The van der Waals surface area contributed by atoms with Gasteiger partial charge in [-0.3, -0.25) is 0 Å². The van der Waals surface area contributed by atoms with Crippen LogP contribution in [0.1, 0.15) is 33.6 Å². The second kappa shape index (κ2) is 8.97. The van der Waals surface area contributed by atoms with E-state index in [9.17, 15) is 0 Å². The van der Waals surface area contributed by atoms with Crippen LogP contribution in [0.5, 0.6) is 0 Å². The third-order valence-electron chi connectivity index (χ3n) is 3.19. The summed E-state index contributed by atoms with van der Waals surface area (Å²) in [5.74, 6) is 1.31. The number of unbranched alkanes of at least 4 members (excludes halogenated alkanes) is 1. The van der Waals surface area contributed by atoms with Crippen molar-refractivity contribution in [1.29, 1.82) is 0 Å². The Morgan fingerprint density at radius 1 is 1.30 bits per heavy atom.